The molecule has 1 amide bonds. The number of carbonyl (C=O) groups is 1. The van der Waals surface area contributed by atoms with Gasteiger partial charge in [0.1, 0.15) is 10.7 Å². The van der Waals surface area contributed by atoms with Crippen molar-refractivity contribution >= 4 is 38.3 Å². The molecular formula is C10H11BrN4OS. The van der Waals surface area contributed by atoms with Crippen molar-refractivity contribution in [1.29, 1.82) is 0 Å². The number of aromatic amines is 1. The molecule has 0 radical (unpaired) electrons. The van der Waals surface area contributed by atoms with Crippen LogP contribution in [0.1, 0.15) is 28.8 Å². The second-order valence-corrected chi connectivity index (χ2v) is 5.41. The van der Waals surface area contributed by atoms with E-state index in [0.717, 1.165) is 22.3 Å². The van der Waals surface area contributed by atoms with Gasteiger partial charge in [0.25, 0.3) is 5.91 Å². The van der Waals surface area contributed by atoms with E-state index in [0.29, 0.717) is 10.8 Å². The molecule has 17 heavy (non-hydrogen) atoms. The molecule has 2 rings (SSSR count). The number of anilines is 1. The summed E-state index contributed by atoms with van der Waals surface area (Å²) in [5.74, 6) is -0.213. The van der Waals surface area contributed by atoms with Gasteiger partial charge in [-0.1, -0.05) is 18.3 Å². The first-order valence-corrected chi connectivity index (χ1v) is 6.77. The van der Waals surface area contributed by atoms with Crippen LogP contribution in [0.5, 0.6) is 0 Å². The zero-order valence-electron chi connectivity index (χ0n) is 9.16. The van der Waals surface area contributed by atoms with Gasteiger partial charge in [-0.15, -0.1) is 10.2 Å². The number of amides is 1. The molecule has 0 saturated carbocycles. The number of H-pyrrole nitrogens is 1. The molecule has 5 nitrogen and oxygen atoms in total. The first kappa shape index (κ1) is 12.3. The molecule has 2 N–H and O–H groups in total. The van der Waals surface area contributed by atoms with Gasteiger partial charge in [0, 0.05) is 17.1 Å². The van der Waals surface area contributed by atoms with Gasteiger partial charge in [0.2, 0.25) is 5.13 Å². The van der Waals surface area contributed by atoms with Crippen molar-refractivity contribution in [3.8, 4) is 0 Å². The maximum absolute atomic E-state index is 11.8. The minimum atomic E-state index is -0.213. The Bertz CT molecular complexity index is 522. The highest BCUT2D eigenvalue weighted by atomic mass is 79.9. The highest BCUT2D eigenvalue weighted by Crippen LogP contribution is 2.18. The van der Waals surface area contributed by atoms with E-state index >= 15 is 0 Å². The smallest absolute Gasteiger partial charge is 0.273 e. The van der Waals surface area contributed by atoms with Crippen molar-refractivity contribution < 1.29 is 4.79 Å². The molecule has 0 spiro atoms. The molecule has 90 valence electrons. The number of rotatable bonds is 4. The third kappa shape index (κ3) is 3.13. The molecule has 0 fully saturated rings. The largest absolute Gasteiger partial charge is 0.356 e. The Morgan fingerprint density at radius 2 is 2.41 bits per heavy atom. The number of nitrogens with zero attached hydrogens (tertiary/aromatic N) is 2. The number of aryl methyl sites for hydroxylation is 1. The van der Waals surface area contributed by atoms with E-state index in [9.17, 15) is 4.79 Å². The van der Waals surface area contributed by atoms with Crippen LogP contribution in [0, 0.1) is 0 Å². The molecule has 0 bridgehead atoms. The zero-order chi connectivity index (χ0) is 12.3. The molecule has 0 atom stereocenters. The van der Waals surface area contributed by atoms with Crippen LogP contribution in [0.15, 0.2) is 16.7 Å². The summed E-state index contributed by atoms with van der Waals surface area (Å²) in [6, 6.07) is 1.71. The van der Waals surface area contributed by atoms with Gasteiger partial charge in [-0.05, 0) is 28.4 Å². The fraction of sp³-hybridized carbons (Fsp3) is 0.300. The molecular weight excluding hydrogens is 304 g/mol. The number of aromatic nitrogens is 3. The highest BCUT2D eigenvalue weighted by molar-refractivity contribution is 9.10. The zero-order valence-corrected chi connectivity index (χ0v) is 11.6. The lowest BCUT2D eigenvalue weighted by Gasteiger charge is -1.96. The average molecular weight is 315 g/mol. The van der Waals surface area contributed by atoms with Crippen LogP contribution < -0.4 is 5.32 Å². The first-order valence-electron chi connectivity index (χ1n) is 5.16. The normalized spacial score (nSPS) is 10.5. The standard InChI is InChI=1S/C10H11BrN4OS/c1-2-3-8-14-15-10(17-8)13-9(16)7-4-6(11)5-12-7/h4-5,12H,2-3H2,1H3,(H,13,15,16). The summed E-state index contributed by atoms with van der Waals surface area (Å²) in [7, 11) is 0. The Morgan fingerprint density at radius 3 is 3.06 bits per heavy atom. The lowest BCUT2D eigenvalue weighted by molar-refractivity contribution is 0.102. The SMILES string of the molecule is CCCc1nnc(NC(=O)c2cc(Br)c[nH]2)s1. The third-order valence-electron chi connectivity index (χ3n) is 2.04. The van der Waals surface area contributed by atoms with E-state index in [-0.39, 0.29) is 5.91 Å². The second kappa shape index (κ2) is 5.42. The van der Waals surface area contributed by atoms with Crippen LogP contribution in [0.25, 0.3) is 0 Å². The van der Waals surface area contributed by atoms with Gasteiger partial charge in [0.15, 0.2) is 0 Å². The number of nitrogens with one attached hydrogen (secondary N) is 2. The molecule has 0 aliphatic rings. The van der Waals surface area contributed by atoms with Gasteiger partial charge in [0.05, 0.1) is 0 Å². The molecule has 0 aliphatic carbocycles. The summed E-state index contributed by atoms with van der Waals surface area (Å²) in [4.78, 5) is 14.6. The van der Waals surface area contributed by atoms with Crippen molar-refractivity contribution in [2.45, 2.75) is 19.8 Å². The summed E-state index contributed by atoms with van der Waals surface area (Å²) in [5, 5.41) is 12.1. The molecule has 2 heterocycles. The van der Waals surface area contributed by atoms with E-state index < -0.39 is 0 Å². The Kier molecular flexibility index (Phi) is 3.90. The number of hydrogen-bond donors (Lipinski definition) is 2. The topological polar surface area (TPSA) is 70.7 Å². The van der Waals surface area contributed by atoms with E-state index in [4.69, 9.17) is 0 Å². The van der Waals surface area contributed by atoms with Gasteiger partial charge >= 0.3 is 0 Å². The monoisotopic (exact) mass is 314 g/mol. The summed E-state index contributed by atoms with van der Waals surface area (Å²) < 4.78 is 0.839. The van der Waals surface area contributed by atoms with Gasteiger partial charge < -0.3 is 4.98 Å². The van der Waals surface area contributed by atoms with Crippen LogP contribution in [0.2, 0.25) is 0 Å². The molecule has 7 heteroatoms. The van der Waals surface area contributed by atoms with Crippen molar-refractivity contribution in [3.05, 3.63) is 27.4 Å². The Balaban J connectivity index is 2.02. The predicted molar refractivity (Wildman–Crippen MR) is 70.3 cm³/mol. The molecule has 2 aromatic heterocycles. The van der Waals surface area contributed by atoms with E-state index in [1.807, 2.05) is 0 Å². The molecule has 0 unspecified atom stereocenters. The number of carbonyl (C=O) groups excluding carboxylic acids is 1. The predicted octanol–water partition coefficient (Wildman–Crippen LogP) is 2.83. The van der Waals surface area contributed by atoms with Crippen LogP contribution >= 0.6 is 27.3 Å². The fourth-order valence-corrected chi connectivity index (χ4v) is 2.46. The quantitative estimate of drug-likeness (QED) is 0.911. The molecule has 0 aromatic carbocycles. The number of hydrogen-bond acceptors (Lipinski definition) is 4. The lowest BCUT2D eigenvalue weighted by atomic mass is 10.4. The molecule has 0 saturated heterocycles. The minimum Gasteiger partial charge on any atom is -0.356 e. The third-order valence-corrected chi connectivity index (χ3v) is 3.40. The maximum Gasteiger partial charge on any atom is 0.273 e. The van der Waals surface area contributed by atoms with Crippen LogP contribution in [-0.4, -0.2) is 21.1 Å². The summed E-state index contributed by atoms with van der Waals surface area (Å²) in [6.07, 6.45) is 3.62. The van der Waals surface area contributed by atoms with E-state index in [2.05, 4.69) is 43.4 Å². The van der Waals surface area contributed by atoms with Crippen molar-refractivity contribution in [3.63, 3.8) is 0 Å². The van der Waals surface area contributed by atoms with E-state index in [1.54, 1.807) is 12.3 Å². The Morgan fingerprint density at radius 1 is 1.59 bits per heavy atom. The summed E-state index contributed by atoms with van der Waals surface area (Å²) >= 11 is 4.68. The van der Waals surface area contributed by atoms with Gasteiger partial charge in [-0.2, -0.15) is 0 Å². The number of halogens is 1. The first-order chi connectivity index (χ1) is 8.19. The highest BCUT2D eigenvalue weighted by Gasteiger charge is 2.11. The second-order valence-electron chi connectivity index (χ2n) is 3.44. The van der Waals surface area contributed by atoms with Crippen LogP contribution in [-0.2, 0) is 6.42 Å². The Hall–Kier alpha value is -1.21. The minimum absolute atomic E-state index is 0.213. The van der Waals surface area contributed by atoms with Gasteiger partial charge in [-0.3, -0.25) is 10.1 Å². The van der Waals surface area contributed by atoms with Crippen molar-refractivity contribution in [1.82, 2.24) is 15.2 Å². The maximum atomic E-state index is 11.8. The average Bonchev–Trinajstić information content (AvgIpc) is 2.88. The van der Waals surface area contributed by atoms with Crippen molar-refractivity contribution in [2.24, 2.45) is 0 Å². The van der Waals surface area contributed by atoms with Crippen LogP contribution in [0.4, 0.5) is 5.13 Å². The summed E-state index contributed by atoms with van der Waals surface area (Å²) in [5.41, 5.74) is 0.490. The fourth-order valence-electron chi connectivity index (χ4n) is 1.28. The van der Waals surface area contributed by atoms with Gasteiger partial charge in [-0.25, -0.2) is 0 Å². The van der Waals surface area contributed by atoms with Crippen LogP contribution in [0.3, 0.4) is 0 Å². The van der Waals surface area contributed by atoms with Crippen molar-refractivity contribution in [2.75, 3.05) is 5.32 Å². The van der Waals surface area contributed by atoms with E-state index in [1.165, 1.54) is 11.3 Å². The summed E-state index contributed by atoms with van der Waals surface area (Å²) in [6.45, 7) is 2.08. The molecule has 2 aromatic rings. The lowest BCUT2D eigenvalue weighted by Crippen LogP contribution is -2.11. The molecule has 0 aliphatic heterocycles. The Labute approximate surface area is 111 Å².